The van der Waals surface area contributed by atoms with Gasteiger partial charge in [0.25, 0.3) is 0 Å². The SMILES string of the molecule is N#Cc1c(N)nc(N)nc1-c1ccc(Cl)c(Cl)c1. The lowest BCUT2D eigenvalue weighted by Gasteiger charge is -2.07. The molecule has 0 radical (unpaired) electrons. The van der Waals surface area contributed by atoms with Crippen LogP contribution < -0.4 is 11.5 Å². The van der Waals surface area contributed by atoms with Crippen molar-refractivity contribution in [2.75, 3.05) is 11.5 Å². The fourth-order valence-corrected chi connectivity index (χ4v) is 1.76. The molecule has 1 aromatic carbocycles. The molecule has 1 heterocycles. The molecule has 0 bridgehead atoms. The van der Waals surface area contributed by atoms with Crippen LogP contribution in [0.15, 0.2) is 18.2 Å². The number of halogens is 2. The number of anilines is 2. The van der Waals surface area contributed by atoms with Crippen LogP contribution in [0, 0.1) is 11.3 Å². The van der Waals surface area contributed by atoms with Crippen LogP contribution in [0.1, 0.15) is 5.56 Å². The standard InChI is InChI=1S/C11H7Cl2N5/c12-7-2-1-5(3-8(7)13)9-6(4-14)10(15)18-11(16)17-9/h1-3H,(H4,15,16,17,18). The summed E-state index contributed by atoms with van der Waals surface area (Å²) in [6.07, 6.45) is 0. The van der Waals surface area contributed by atoms with Crippen molar-refractivity contribution in [1.82, 2.24) is 9.97 Å². The Morgan fingerprint density at radius 3 is 2.44 bits per heavy atom. The van der Waals surface area contributed by atoms with E-state index in [1.54, 1.807) is 18.2 Å². The zero-order chi connectivity index (χ0) is 13.3. The molecule has 0 unspecified atom stereocenters. The Balaban J connectivity index is 2.70. The van der Waals surface area contributed by atoms with Crippen LogP contribution in [-0.2, 0) is 0 Å². The van der Waals surface area contributed by atoms with Gasteiger partial charge in [0.05, 0.1) is 15.7 Å². The molecule has 0 atom stereocenters. The second-order valence-corrected chi connectivity index (χ2v) is 4.25. The van der Waals surface area contributed by atoms with Crippen molar-refractivity contribution >= 4 is 35.0 Å². The van der Waals surface area contributed by atoms with Gasteiger partial charge in [0.2, 0.25) is 5.95 Å². The Morgan fingerprint density at radius 1 is 1.11 bits per heavy atom. The highest BCUT2D eigenvalue weighted by molar-refractivity contribution is 6.42. The van der Waals surface area contributed by atoms with Crippen LogP contribution in [0.4, 0.5) is 11.8 Å². The molecular formula is C11H7Cl2N5. The monoisotopic (exact) mass is 279 g/mol. The molecule has 0 aliphatic rings. The molecule has 0 aliphatic carbocycles. The number of rotatable bonds is 1. The number of nitriles is 1. The number of hydrogen-bond donors (Lipinski definition) is 2. The van der Waals surface area contributed by atoms with E-state index in [4.69, 9.17) is 39.9 Å². The fraction of sp³-hybridized carbons (Fsp3) is 0. The van der Waals surface area contributed by atoms with Crippen LogP contribution in [0.3, 0.4) is 0 Å². The summed E-state index contributed by atoms with van der Waals surface area (Å²) in [5.41, 5.74) is 12.2. The lowest BCUT2D eigenvalue weighted by molar-refractivity contribution is 1.18. The summed E-state index contributed by atoms with van der Waals surface area (Å²) in [6, 6.07) is 6.81. The van der Waals surface area contributed by atoms with Gasteiger partial charge in [-0.2, -0.15) is 10.2 Å². The Morgan fingerprint density at radius 2 is 1.83 bits per heavy atom. The van der Waals surface area contributed by atoms with E-state index in [0.29, 0.717) is 21.3 Å². The lowest BCUT2D eigenvalue weighted by Crippen LogP contribution is -2.04. The topological polar surface area (TPSA) is 102 Å². The highest BCUT2D eigenvalue weighted by atomic mass is 35.5. The predicted molar refractivity (Wildman–Crippen MR) is 71.0 cm³/mol. The predicted octanol–water partition coefficient (Wildman–Crippen LogP) is 2.49. The van der Waals surface area contributed by atoms with Crippen molar-refractivity contribution in [3.8, 4) is 17.3 Å². The summed E-state index contributed by atoms with van der Waals surface area (Å²) in [5.74, 6) is 0.0265. The summed E-state index contributed by atoms with van der Waals surface area (Å²) < 4.78 is 0. The van der Waals surface area contributed by atoms with Gasteiger partial charge >= 0.3 is 0 Å². The van der Waals surface area contributed by atoms with E-state index < -0.39 is 0 Å². The quantitative estimate of drug-likeness (QED) is 0.835. The minimum atomic E-state index is -0.00688. The molecule has 1 aromatic heterocycles. The number of nitrogens with two attached hydrogens (primary N) is 2. The van der Waals surface area contributed by atoms with Gasteiger partial charge in [0, 0.05) is 5.56 Å². The molecular weight excluding hydrogens is 273 g/mol. The first-order chi connectivity index (χ1) is 8.52. The minimum absolute atomic E-state index is 0.00688. The number of benzene rings is 1. The average molecular weight is 280 g/mol. The van der Waals surface area contributed by atoms with Gasteiger partial charge < -0.3 is 11.5 Å². The van der Waals surface area contributed by atoms with Crippen molar-refractivity contribution in [2.45, 2.75) is 0 Å². The number of nitrogen functional groups attached to an aromatic ring is 2. The third-order valence-corrected chi connectivity index (χ3v) is 3.00. The van der Waals surface area contributed by atoms with E-state index >= 15 is 0 Å². The molecule has 4 N–H and O–H groups in total. The van der Waals surface area contributed by atoms with Crippen molar-refractivity contribution in [3.05, 3.63) is 33.8 Å². The zero-order valence-electron chi connectivity index (χ0n) is 8.98. The fourth-order valence-electron chi connectivity index (χ4n) is 1.46. The van der Waals surface area contributed by atoms with Gasteiger partial charge in [-0.1, -0.05) is 29.3 Å². The van der Waals surface area contributed by atoms with Gasteiger partial charge in [-0.05, 0) is 12.1 Å². The van der Waals surface area contributed by atoms with Gasteiger partial charge in [0.1, 0.15) is 17.5 Å². The van der Waals surface area contributed by atoms with E-state index in [-0.39, 0.29) is 17.3 Å². The minimum Gasteiger partial charge on any atom is -0.382 e. The smallest absolute Gasteiger partial charge is 0.222 e. The van der Waals surface area contributed by atoms with Gasteiger partial charge in [-0.25, -0.2) is 4.98 Å². The second-order valence-electron chi connectivity index (χ2n) is 3.43. The van der Waals surface area contributed by atoms with Crippen molar-refractivity contribution in [3.63, 3.8) is 0 Å². The summed E-state index contributed by atoms with van der Waals surface area (Å²) >= 11 is 11.7. The maximum atomic E-state index is 9.07. The Hall–Kier alpha value is -2.03. The molecule has 0 saturated carbocycles. The van der Waals surface area contributed by atoms with Crippen LogP contribution >= 0.6 is 23.2 Å². The summed E-state index contributed by atoms with van der Waals surface area (Å²) in [7, 11) is 0. The van der Waals surface area contributed by atoms with E-state index in [0.717, 1.165) is 0 Å². The van der Waals surface area contributed by atoms with Crippen molar-refractivity contribution in [1.29, 1.82) is 5.26 Å². The largest absolute Gasteiger partial charge is 0.382 e. The van der Waals surface area contributed by atoms with Crippen LogP contribution in [0.2, 0.25) is 10.0 Å². The number of aromatic nitrogens is 2. The first kappa shape index (κ1) is 12.4. The van der Waals surface area contributed by atoms with E-state index in [2.05, 4.69) is 9.97 Å². The van der Waals surface area contributed by atoms with Gasteiger partial charge in [0.15, 0.2) is 0 Å². The van der Waals surface area contributed by atoms with Crippen LogP contribution in [-0.4, -0.2) is 9.97 Å². The Kier molecular flexibility index (Phi) is 3.24. The molecule has 18 heavy (non-hydrogen) atoms. The molecule has 90 valence electrons. The van der Waals surface area contributed by atoms with E-state index in [1.807, 2.05) is 6.07 Å². The van der Waals surface area contributed by atoms with Gasteiger partial charge in [-0.15, -0.1) is 0 Å². The third-order valence-electron chi connectivity index (χ3n) is 2.26. The van der Waals surface area contributed by atoms with Crippen LogP contribution in [0.25, 0.3) is 11.3 Å². The third kappa shape index (κ3) is 2.16. The summed E-state index contributed by atoms with van der Waals surface area (Å²) in [5, 5.41) is 9.83. The molecule has 5 nitrogen and oxygen atoms in total. The Bertz CT molecular complexity index is 663. The lowest BCUT2D eigenvalue weighted by atomic mass is 10.1. The summed E-state index contributed by atoms with van der Waals surface area (Å²) in [6.45, 7) is 0. The maximum Gasteiger partial charge on any atom is 0.222 e. The van der Waals surface area contributed by atoms with Gasteiger partial charge in [-0.3, -0.25) is 0 Å². The van der Waals surface area contributed by atoms with Crippen LogP contribution in [0.5, 0.6) is 0 Å². The van der Waals surface area contributed by atoms with Crippen molar-refractivity contribution < 1.29 is 0 Å². The van der Waals surface area contributed by atoms with E-state index in [1.165, 1.54) is 0 Å². The first-order valence-electron chi connectivity index (χ1n) is 4.81. The Labute approximate surface area is 113 Å². The normalized spacial score (nSPS) is 10.1. The second kappa shape index (κ2) is 4.69. The molecule has 2 aromatic rings. The highest BCUT2D eigenvalue weighted by Gasteiger charge is 2.13. The molecule has 0 spiro atoms. The molecule has 0 amide bonds. The first-order valence-corrected chi connectivity index (χ1v) is 5.57. The number of nitrogens with zero attached hydrogens (tertiary/aromatic N) is 3. The molecule has 0 saturated heterocycles. The molecule has 0 fully saturated rings. The molecule has 7 heteroatoms. The summed E-state index contributed by atoms with van der Waals surface area (Å²) in [4.78, 5) is 7.74. The zero-order valence-corrected chi connectivity index (χ0v) is 10.5. The van der Waals surface area contributed by atoms with Crippen molar-refractivity contribution in [2.24, 2.45) is 0 Å². The van der Waals surface area contributed by atoms with E-state index in [9.17, 15) is 0 Å². The molecule has 2 rings (SSSR count). The highest BCUT2D eigenvalue weighted by Crippen LogP contribution is 2.30. The maximum absolute atomic E-state index is 9.07. The molecule has 0 aliphatic heterocycles. The number of hydrogen-bond acceptors (Lipinski definition) is 5. The average Bonchev–Trinajstić information content (AvgIpc) is 2.32.